The van der Waals surface area contributed by atoms with Crippen LogP contribution >= 0.6 is 0 Å². The molecule has 0 aromatic heterocycles. The Morgan fingerprint density at radius 1 is 1.28 bits per heavy atom. The number of nitrogens with one attached hydrogen (secondary N) is 1. The number of anilines is 1. The number of rotatable bonds is 4. The maximum atomic E-state index is 14.1. The summed E-state index contributed by atoms with van der Waals surface area (Å²) in [6.07, 6.45) is 4.89. The van der Waals surface area contributed by atoms with E-state index in [9.17, 15) is 4.39 Å². The summed E-state index contributed by atoms with van der Waals surface area (Å²) >= 11 is 0. The second kappa shape index (κ2) is 4.88. The van der Waals surface area contributed by atoms with Gasteiger partial charge in [0.05, 0.1) is 5.69 Å². The molecule has 1 saturated carbocycles. The monoisotopic (exact) mass is 248 g/mol. The second-order valence-electron chi connectivity index (χ2n) is 5.57. The molecule has 1 aliphatic carbocycles. The molecule has 0 spiro atoms. The summed E-state index contributed by atoms with van der Waals surface area (Å²) in [5.41, 5.74) is 1.83. The van der Waals surface area contributed by atoms with Crippen LogP contribution in [-0.4, -0.2) is 19.1 Å². The Kier molecular flexibility index (Phi) is 3.25. The molecule has 2 nitrogen and oxygen atoms in total. The Bertz CT molecular complexity index is 423. The zero-order valence-electron chi connectivity index (χ0n) is 11.0. The van der Waals surface area contributed by atoms with Gasteiger partial charge < -0.3 is 10.2 Å². The molecule has 1 saturated heterocycles. The van der Waals surface area contributed by atoms with Crippen molar-refractivity contribution in [1.29, 1.82) is 0 Å². The van der Waals surface area contributed by atoms with Crippen LogP contribution in [0.25, 0.3) is 0 Å². The van der Waals surface area contributed by atoms with Crippen molar-refractivity contribution in [2.45, 2.75) is 44.7 Å². The van der Waals surface area contributed by atoms with E-state index >= 15 is 0 Å². The fourth-order valence-electron chi connectivity index (χ4n) is 2.71. The summed E-state index contributed by atoms with van der Waals surface area (Å²) in [5.74, 6) is -0.0705. The summed E-state index contributed by atoms with van der Waals surface area (Å²) in [7, 11) is 0. The molecule has 98 valence electrons. The van der Waals surface area contributed by atoms with E-state index in [4.69, 9.17) is 0 Å². The summed E-state index contributed by atoms with van der Waals surface area (Å²) < 4.78 is 14.1. The van der Waals surface area contributed by atoms with Gasteiger partial charge in [-0.05, 0) is 50.3 Å². The largest absolute Gasteiger partial charge is 0.369 e. The summed E-state index contributed by atoms with van der Waals surface area (Å²) in [6.45, 7) is 4.10. The third-order valence-electron chi connectivity index (χ3n) is 3.98. The second-order valence-corrected chi connectivity index (χ2v) is 5.57. The van der Waals surface area contributed by atoms with Crippen LogP contribution in [0.15, 0.2) is 18.2 Å². The van der Waals surface area contributed by atoms with Gasteiger partial charge in [-0.2, -0.15) is 0 Å². The van der Waals surface area contributed by atoms with Crippen LogP contribution in [0.4, 0.5) is 10.1 Å². The number of halogens is 1. The summed E-state index contributed by atoms with van der Waals surface area (Å²) in [4.78, 5) is 2.15. The molecule has 1 heterocycles. The zero-order valence-corrected chi connectivity index (χ0v) is 11.0. The molecule has 0 bridgehead atoms. The standard InChI is InChI=1S/C15H21FN2/c1-11(17-13-5-6-13)12-4-7-15(14(16)10-12)18-8-2-3-9-18/h4,7,10-11,13,17H,2-3,5-6,8-9H2,1H3/t11-/m0/s1. The molecule has 1 aromatic rings. The van der Waals surface area contributed by atoms with Gasteiger partial charge in [0.2, 0.25) is 0 Å². The molecule has 3 heteroatoms. The van der Waals surface area contributed by atoms with Crippen LogP contribution in [0.2, 0.25) is 0 Å². The van der Waals surface area contributed by atoms with Gasteiger partial charge in [0.1, 0.15) is 5.82 Å². The van der Waals surface area contributed by atoms with Crippen LogP contribution in [0.3, 0.4) is 0 Å². The normalized spacial score (nSPS) is 21.3. The van der Waals surface area contributed by atoms with Gasteiger partial charge in [-0.15, -0.1) is 0 Å². The van der Waals surface area contributed by atoms with E-state index in [1.165, 1.54) is 25.7 Å². The molecule has 0 unspecified atom stereocenters. The number of nitrogens with zero attached hydrogens (tertiary/aromatic N) is 1. The lowest BCUT2D eigenvalue weighted by Crippen LogP contribution is -2.22. The molecule has 2 fully saturated rings. The molecule has 0 radical (unpaired) electrons. The van der Waals surface area contributed by atoms with Crippen LogP contribution in [-0.2, 0) is 0 Å². The van der Waals surface area contributed by atoms with Gasteiger partial charge in [-0.25, -0.2) is 4.39 Å². The van der Waals surface area contributed by atoms with Crippen molar-refractivity contribution in [3.63, 3.8) is 0 Å². The fraction of sp³-hybridized carbons (Fsp3) is 0.600. The fourth-order valence-corrected chi connectivity index (χ4v) is 2.71. The Morgan fingerprint density at radius 2 is 2.00 bits per heavy atom. The highest BCUT2D eigenvalue weighted by Gasteiger charge is 2.24. The van der Waals surface area contributed by atoms with Crippen molar-refractivity contribution in [1.82, 2.24) is 5.32 Å². The smallest absolute Gasteiger partial charge is 0.146 e. The maximum absolute atomic E-state index is 14.1. The minimum atomic E-state index is -0.0705. The van der Waals surface area contributed by atoms with Gasteiger partial charge in [-0.1, -0.05) is 6.07 Å². The van der Waals surface area contributed by atoms with E-state index in [2.05, 4.69) is 23.2 Å². The molecule has 18 heavy (non-hydrogen) atoms. The van der Waals surface area contributed by atoms with E-state index in [1.807, 2.05) is 6.07 Å². The van der Waals surface area contributed by atoms with Crippen molar-refractivity contribution in [2.24, 2.45) is 0 Å². The van der Waals surface area contributed by atoms with Crippen molar-refractivity contribution in [3.05, 3.63) is 29.6 Å². The minimum absolute atomic E-state index is 0.0705. The quantitative estimate of drug-likeness (QED) is 0.880. The molecule has 1 atom stereocenters. The van der Waals surface area contributed by atoms with Crippen LogP contribution in [0.1, 0.15) is 44.2 Å². The first-order valence-corrected chi connectivity index (χ1v) is 7.04. The Labute approximate surface area is 108 Å². The van der Waals surface area contributed by atoms with E-state index in [-0.39, 0.29) is 11.9 Å². The molecule has 1 aromatic carbocycles. The lowest BCUT2D eigenvalue weighted by atomic mass is 10.1. The highest BCUT2D eigenvalue weighted by molar-refractivity contribution is 5.50. The molecular formula is C15H21FN2. The van der Waals surface area contributed by atoms with Gasteiger partial charge in [0.15, 0.2) is 0 Å². The van der Waals surface area contributed by atoms with Crippen LogP contribution < -0.4 is 10.2 Å². The highest BCUT2D eigenvalue weighted by Crippen LogP contribution is 2.28. The molecule has 2 aliphatic rings. The van der Waals surface area contributed by atoms with Gasteiger partial charge in [0, 0.05) is 25.2 Å². The van der Waals surface area contributed by atoms with Crippen molar-refractivity contribution < 1.29 is 4.39 Å². The maximum Gasteiger partial charge on any atom is 0.146 e. The van der Waals surface area contributed by atoms with Gasteiger partial charge in [-0.3, -0.25) is 0 Å². The minimum Gasteiger partial charge on any atom is -0.369 e. The first-order valence-electron chi connectivity index (χ1n) is 7.04. The van der Waals surface area contributed by atoms with Crippen LogP contribution in [0.5, 0.6) is 0 Å². The average molecular weight is 248 g/mol. The highest BCUT2D eigenvalue weighted by atomic mass is 19.1. The third kappa shape index (κ3) is 2.51. The van der Waals surface area contributed by atoms with Gasteiger partial charge in [0.25, 0.3) is 0 Å². The zero-order chi connectivity index (χ0) is 12.5. The molecule has 3 rings (SSSR count). The van der Waals surface area contributed by atoms with Crippen molar-refractivity contribution in [3.8, 4) is 0 Å². The Morgan fingerprint density at radius 3 is 2.61 bits per heavy atom. The van der Waals surface area contributed by atoms with E-state index in [1.54, 1.807) is 6.07 Å². The van der Waals surface area contributed by atoms with Crippen LogP contribution in [0, 0.1) is 5.82 Å². The Balaban J connectivity index is 1.74. The SMILES string of the molecule is C[C@H](NC1CC1)c1ccc(N2CCCC2)c(F)c1. The van der Waals surface area contributed by atoms with E-state index in [0.29, 0.717) is 6.04 Å². The first-order chi connectivity index (χ1) is 8.74. The van der Waals surface area contributed by atoms with E-state index in [0.717, 1.165) is 24.3 Å². The van der Waals surface area contributed by atoms with Crippen molar-refractivity contribution >= 4 is 5.69 Å². The lowest BCUT2D eigenvalue weighted by Gasteiger charge is -2.20. The summed E-state index contributed by atoms with van der Waals surface area (Å²) in [5, 5.41) is 3.51. The first kappa shape index (κ1) is 12.0. The topological polar surface area (TPSA) is 15.3 Å². The molecule has 0 amide bonds. The Hall–Kier alpha value is -1.09. The number of benzene rings is 1. The predicted molar refractivity (Wildman–Crippen MR) is 72.4 cm³/mol. The number of hydrogen-bond acceptors (Lipinski definition) is 2. The average Bonchev–Trinajstić information content (AvgIpc) is 3.01. The molecular weight excluding hydrogens is 227 g/mol. The summed E-state index contributed by atoms with van der Waals surface area (Å²) in [6, 6.07) is 6.62. The number of hydrogen-bond donors (Lipinski definition) is 1. The predicted octanol–water partition coefficient (Wildman–Crippen LogP) is 3.24. The molecule has 1 aliphatic heterocycles. The van der Waals surface area contributed by atoms with Crippen molar-refractivity contribution in [2.75, 3.05) is 18.0 Å². The van der Waals surface area contributed by atoms with E-state index < -0.39 is 0 Å². The molecule has 1 N–H and O–H groups in total. The lowest BCUT2D eigenvalue weighted by molar-refractivity contribution is 0.561. The van der Waals surface area contributed by atoms with Gasteiger partial charge >= 0.3 is 0 Å². The third-order valence-corrected chi connectivity index (χ3v) is 3.98.